The molecule has 2 aromatic heterocycles. The van der Waals surface area contributed by atoms with Crippen LogP contribution in [0.15, 0.2) is 24.3 Å². The lowest BCUT2D eigenvalue weighted by molar-refractivity contribution is -0.141. The lowest BCUT2D eigenvalue weighted by Crippen LogP contribution is -2.43. The Hall–Kier alpha value is -3.96. The van der Waals surface area contributed by atoms with Crippen LogP contribution in [0, 0.1) is 13.8 Å². The highest BCUT2D eigenvalue weighted by molar-refractivity contribution is 6.06. The highest BCUT2D eigenvalue weighted by Gasteiger charge is 2.49. The molecule has 1 saturated heterocycles. The molecular weight excluding hydrogens is 592 g/mol. The second-order valence-corrected chi connectivity index (χ2v) is 12.5. The Kier molecular flexibility index (Phi) is 8.97. The third kappa shape index (κ3) is 6.99. The maximum atomic E-state index is 16.3. The Bertz CT molecular complexity index is 1680. The van der Waals surface area contributed by atoms with Crippen LogP contribution in [0.2, 0.25) is 0 Å². The number of alkyl halides is 4. The van der Waals surface area contributed by atoms with Gasteiger partial charge in [-0.15, -0.1) is 0 Å². The van der Waals surface area contributed by atoms with Crippen LogP contribution in [-0.2, 0) is 39.9 Å². The summed E-state index contributed by atoms with van der Waals surface area (Å²) in [4.78, 5) is 57.5. The Morgan fingerprint density at radius 2 is 1.78 bits per heavy atom. The van der Waals surface area contributed by atoms with Gasteiger partial charge in [0.1, 0.15) is 29.4 Å². The van der Waals surface area contributed by atoms with Crippen molar-refractivity contribution in [1.82, 2.24) is 19.7 Å². The van der Waals surface area contributed by atoms with Gasteiger partial charge in [0, 0.05) is 31.6 Å². The second kappa shape index (κ2) is 12.4. The molecule has 0 unspecified atom stereocenters. The van der Waals surface area contributed by atoms with Crippen LogP contribution in [0.25, 0.3) is 10.9 Å². The molecule has 2 atom stereocenters. The molecule has 3 aromatic rings. The number of ketones is 3. The molecule has 2 aliphatic rings. The van der Waals surface area contributed by atoms with Gasteiger partial charge in [-0.1, -0.05) is 24.1 Å². The van der Waals surface area contributed by atoms with Gasteiger partial charge in [0.15, 0.2) is 11.6 Å². The fourth-order valence-electron chi connectivity index (χ4n) is 6.51. The molecule has 12 heteroatoms. The number of halogens is 4. The van der Waals surface area contributed by atoms with Gasteiger partial charge < -0.3 is 4.90 Å². The predicted octanol–water partition coefficient (Wildman–Crippen LogP) is 5.86. The zero-order valence-corrected chi connectivity index (χ0v) is 25.6. The summed E-state index contributed by atoms with van der Waals surface area (Å²) in [5.74, 6) is -1.65. The summed E-state index contributed by atoms with van der Waals surface area (Å²) in [5, 5.41) is 5.08. The van der Waals surface area contributed by atoms with Gasteiger partial charge in [0.2, 0.25) is 5.91 Å². The Morgan fingerprint density at radius 3 is 2.49 bits per heavy atom. The van der Waals surface area contributed by atoms with Crippen LogP contribution in [0.1, 0.15) is 90.4 Å². The van der Waals surface area contributed by atoms with Crippen LogP contribution < -0.4 is 0 Å². The molecule has 0 radical (unpaired) electrons. The summed E-state index contributed by atoms with van der Waals surface area (Å²) < 4.78 is 57.9. The summed E-state index contributed by atoms with van der Waals surface area (Å²) >= 11 is 0. The predicted molar refractivity (Wildman–Crippen MR) is 158 cm³/mol. The molecule has 2 aliphatic heterocycles. The van der Waals surface area contributed by atoms with E-state index >= 15 is 4.39 Å². The van der Waals surface area contributed by atoms with Crippen molar-refractivity contribution in [3.05, 3.63) is 58.0 Å². The Labute approximate surface area is 258 Å². The number of hydrogen-bond donors (Lipinski definition) is 0. The maximum Gasteiger partial charge on any atom is 0.433 e. The number of carbonyl (C=O) groups excluding carboxylic acids is 4. The summed E-state index contributed by atoms with van der Waals surface area (Å²) in [5.41, 5.74) is -0.320. The number of aryl methyl sites for hydroxylation is 3. The third-order valence-corrected chi connectivity index (χ3v) is 8.85. The molecule has 0 N–H and O–H groups in total. The van der Waals surface area contributed by atoms with Crippen molar-refractivity contribution in [1.29, 1.82) is 0 Å². The molecule has 45 heavy (non-hydrogen) atoms. The van der Waals surface area contributed by atoms with Gasteiger partial charge in [-0.25, -0.2) is 9.37 Å². The van der Waals surface area contributed by atoms with Crippen LogP contribution in [-0.4, -0.2) is 61.2 Å². The molecule has 0 aliphatic carbocycles. The largest absolute Gasteiger partial charge is 0.433 e. The van der Waals surface area contributed by atoms with Crippen molar-refractivity contribution in [2.75, 3.05) is 6.54 Å². The molecule has 1 amide bonds. The first-order valence-corrected chi connectivity index (χ1v) is 15.2. The van der Waals surface area contributed by atoms with E-state index in [0.717, 1.165) is 34.9 Å². The Morgan fingerprint density at radius 1 is 1.04 bits per heavy atom. The van der Waals surface area contributed by atoms with E-state index in [0.29, 0.717) is 29.3 Å². The quantitative estimate of drug-likeness (QED) is 0.265. The third-order valence-electron chi connectivity index (χ3n) is 8.85. The van der Waals surface area contributed by atoms with E-state index in [1.807, 2.05) is 19.1 Å². The van der Waals surface area contributed by atoms with Gasteiger partial charge in [-0.3, -0.25) is 23.9 Å². The number of amides is 1. The van der Waals surface area contributed by atoms with Crippen molar-refractivity contribution in [3.63, 3.8) is 0 Å². The van der Waals surface area contributed by atoms with E-state index in [4.69, 9.17) is 0 Å². The van der Waals surface area contributed by atoms with Gasteiger partial charge in [-0.2, -0.15) is 18.3 Å². The summed E-state index contributed by atoms with van der Waals surface area (Å²) in [7, 11) is 0. The number of benzene rings is 1. The zero-order valence-electron chi connectivity index (χ0n) is 25.6. The van der Waals surface area contributed by atoms with Crippen molar-refractivity contribution in [2.45, 2.75) is 103 Å². The van der Waals surface area contributed by atoms with E-state index in [9.17, 15) is 32.3 Å². The van der Waals surface area contributed by atoms with Crippen molar-refractivity contribution >= 4 is 34.2 Å². The minimum atomic E-state index is -4.72. The second-order valence-electron chi connectivity index (χ2n) is 12.5. The first-order valence-electron chi connectivity index (χ1n) is 15.2. The number of aromatic nitrogens is 3. The number of pyridine rings is 1. The molecule has 5 rings (SSSR count). The van der Waals surface area contributed by atoms with E-state index in [1.165, 1.54) is 24.6 Å². The summed E-state index contributed by atoms with van der Waals surface area (Å²) in [6, 6.07) is 4.58. The fourth-order valence-corrected chi connectivity index (χ4v) is 6.51. The number of carbonyl (C=O) groups is 4. The van der Waals surface area contributed by atoms with Gasteiger partial charge >= 0.3 is 6.18 Å². The molecule has 4 heterocycles. The molecule has 1 aromatic carbocycles. The first-order chi connectivity index (χ1) is 21.1. The minimum Gasteiger partial charge on any atom is -0.328 e. The molecule has 2 bridgehead atoms. The van der Waals surface area contributed by atoms with E-state index in [2.05, 4.69) is 10.1 Å². The smallest absolute Gasteiger partial charge is 0.328 e. The highest BCUT2D eigenvalue weighted by Crippen LogP contribution is 2.37. The van der Waals surface area contributed by atoms with Gasteiger partial charge in [0.05, 0.1) is 30.2 Å². The topological polar surface area (TPSA) is 102 Å². The van der Waals surface area contributed by atoms with E-state index in [-0.39, 0.29) is 55.2 Å². The summed E-state index contributed by atoms with van der Waals surface area (Å²) in [6.45, 7) is 4.00. The molecular formula is C33H36F4N4O4. The normalized spacial score (nSPS) is 21.8. The number of nitrogens with zero attached hydrogens (tertiary/aromatic N) is 4. The zero-order chi connectivity index (χ0) is 32.7. The standard InChI is InChI=1S/C33H36F4N4O4/c1-19-13-22-7-5-4-6-8-23(43)11-12-32(34)16-26(27(44)15-25-20(2)9-10-28(38-25)33(35,36)37)40(18-32)29(45)17-41-31(22)24(14-19)30(39-41)21(3)42/h9-10,13-14,26H,4-8,11-12,15-18H2,1-3H3/t26-,32+/m0/s1. The molecule has 0 spiro atoms. The van der Waals surface area contributed by atoms with E-state index < -0.39 is 48.2 Å². The molecule has 8 nitrogen and oxygen atoms in total. The van der Waals surface area contributed by atoms with Gasteiger partial charge in [0.25, 0.3) is 0 Å². The van der Waals surface area contributed by atoms with Crippen molar-refractivity contribution in [2.24, 2.45) is 0 Å². The number of hydrogen-bond acceptors (Lipinski definition) is 6. The number of Topliss-reactive ketones (excluding diaryl/α,β-unsaturated/α-hetero) is 3. The van der Waals surface area contributed by atoms with Crippen LogP contribution in [0.5, 0.6) is 0 Å². The average molecular weight is 629 g/mol. The van der Waals surface area contributed by atoms with Crippen LogP contribution in [0.4, 0.5) is 17.6 Å². The monoisotopic (exact) mass is 628 g/mol. The van der Waals surface area contributed by atoms with Crippen LogP contribution >= 0.6 is 0 Å². The maximum absolute atomic E-state index is 16.3. The lowest BCUT2D eigenvalue weighted by Gasteiger charge is -2.24. The summed E-state index contributed by atoms with van der Waals surface area (Å²) in [6.07, 6.45) is -2.76. The highest BCUT2D eigenvalue weighted by atomic mass is 19.4. The fraction of sp³-hybridized carbons (Fsp3) is 0.515. The number of rotatable bonds is 4. The van der Waals surface area contributed by atoms with Crippen LogP contribution in [0.3, 0.4) is 0 Å². The Balaban J connectivity index is 1.53. The SMILES string of the molecule is CC(=O)c1nn2c3c(cc(C)cc13)CCCCCC(=O)CC[C@@]1(F)C[C@@H](C(=O)Cc3nc(C(F)(F)F)ccc3C)N(C1)C(=O)C2. The number of fused-ring (bicyclic) bond motifs is 2. The molecule has 240 valence electrons. The first kappa shape index (κ1) is 32.4. The van der Waals surface area contributed by atoms with Crippen molar-refractivity contribution < 1.29 is 36.7 Å². The van der Waals surface area contributed by atoms with Gasteiger partial charge in [-0.05, 0) is 62.8 Å². The van der Waals surface area contributed by atoms with Crippen molar-refractivity contribution in [3.8, 4) is 0 Å². The molecule has 0 saturated carbocycles. The van der Waals surface area contributed by atoms with E-state index in [1.54, 1.807) is 0 Å². The molecule has 1 fully saturated rings. The minimum absolute atomic E-state index is 0.0441. The lowest BCUT2D eigenvalue weighted by atomic mass is 9.92. The average Bonchev–Trinajstić information content (AvgIpc) is 3.50.